The van der Waals surface area contributed by atoms with Gasteiger partial charge in [-0.15, -0.1) is 11.3 Å². The highest BCUT2D eigenvalue weighted by Crippen LogP contribution is 2.21. The van der Waals surface area contributed by atoms with Crippen molar-refractivity contribution in [3.63, 3.8) is 0 Å². The number of carbonyl (C=O) groups is 1. The van der Waals surface area contributed by atoms with Gasteiger partial charge in [0.1, 0.15) is 11.1 Å². The van der Waals surface area contributed by atoms with E-state index in [1.165, 1.54) is 0 Å². The van der Waals surface area contributed by atoms with E-state index in [2.05, 4.69) is 4.98 Å². The number of hydrogen-bond acceptors (Lipinski definition) is 5. The number of carbonyl (C=O) groups excluding carboxylic acids is 1. The number of hydrogen-bond donors (Lipinski definition) is 1. The Morgan fingerprint density at radius 2 is 2.28 bits per heavy atom. The van der Waals surface area contributed by atoms with Gasteiger partial charge in [0, 0.05) is 19.0 Å². The van der Waals surface area contributed by atoms with Crippen LogP contribution in [0.2, 0.25) is 0 Å². The van der Waals surface area contributed by atoms with Crippen molar-refractivity contribution in [1.82, 2.24) is 9.88 Å². The first kappa shape index (κ1) is 15.1. The summed E-state index contributed by atoms with van der Waals surface area (Å²) in [6.45, 7) is 6.76. The molecule has 0 saturated carbocycles. The van der Waals surface area contributed by atoms with E-state index in [0.717, 1.165) is 10.7 Å². The lowest BCUT2D eigenvalue weighted by Crippen LogP contribution is -2.39. The van der Waals surface area contributed by atoms with Gasteiger partial charge < -0.3 is 15.4 Å². The summed E-state index contributed by atoms with van der Waals surface area (Å²) < 4.78 is 5.48. The van der Waals surface area contributed by atoms with Crippen molar-refractivity contribution < 1.29 is 9.53 Å². The van der Waals surface area contributed by atoms with E-state index in [1.807, 2.05) is 19.2 Å². The minimum absolute atomic E-state index is 0.00295. The molecule has 102 valence electrons. The van der Waals surface area contributed by atoms with E-state index in [0.29, 0.717) is 13.2 Å². The van der Waals surface area contributed by atoms with Gasteiger partial charge in [-0.3, -0.25) is 4.79 Å². The SMILES string of the molecule is CCOC(C)c1nc(CN(C)C(=O)[C@@H](C)N)cs1. The van der Waals surface area contributed by atoms with Crippen LogP contribution in [0, 0.1) is 0 Å². The molecule has 1 unspecified atom stereocenters. The number of likely N-dealkylation sites (N-methyl/N-ethyl adjacent to an activating group) is 1. The molecule has 2 atom stereocenters. The van der Waals surface area contributed by atoms with E-state index in [1.54, 1.807) is 30.2 Å². The Hall–Kier alpha value is -0.980. The maximum absolute atomic E-state index is 11.6. The summed E-state index contributed by atoms with van der Waals surface area (Å²) in [6.07, 6.45) is 0.00295. The number of nitrogens with two attached hydrogens (primary N) is 1. The quantitative estimate of drug-likeness (QED) is 0.852. The van der Waals surface area contributed by atoms with Gasteiger partial charge in [-0.05, 0) is 20.8 Å². The van der Waals surface area contributed by atoms with Crippen molar-refractivity contribution in [2.75, 3.05) is 13.7 Å². The average Bonchev–Trinajstić information content (AvgIpc) is 2.76. The third kappa shape index (κ3) is 4.04. The second-order valence-corrected chi connectivity index (χ2v) is 5.15. The maximum Gasteiger partial charge on any atom is 0.239 e. The minimum atomic E-state index is -0.476. The molecule has 18 heavy (non-hydrogen) atoms. The topological polar surface area (TPSA) is 68.5 Å². The fraction of sp³-hybridized carbons (Fsp3) is 0.667. The summed E-state index contributed by atoms with van der Waals surface area (Å²) in [5.41, 5.74) is 6.43. The second kappa shape index (κ2) is 6.82. The lowest BCUT2D eigenvalue weighted by atomic mass is 10.3. The lowest BCUT2D eigenvalue weighted by molar-refractivity contribution is -0.131. The van der Waals surface area contributed by atoms with Crippen molar-refractivity contribution in [2.45, 2.75) is 39.5 Å². The molecule has 0 fully saturated rings. The Balaban J connectivity index is 2.61. The molecule has 0 spiro atoms. The Labute approximate surface area is 112 Å². The average molecular weight is 271 g/mol. The van der Waals surface area contributed by atoms with Crippen molar-refractivity contribution >= 4 is 17.2 Å². The van der Waals surface area contributed by atoms with E-state index in [4.69, 9.17) is 10.5 Å². The minimum Gasteiger partial charge on any atom is -0.372 e. The van der Waals surface area contributed by atoms with Crippen molar-refractivity contribution in [2.24, 2.45) is 5.73 Å². The number of thiazole rings is 1. The van der Waals surface area contributed by atoms with Crippen molar-refractivity contribution in [1.29, 1.82) is 0 Å². The number of ether oxygens (including phenoxy) is 1. The standard InChI is InChI=1S/C12H21N3O2S/c1-5-17-9(3)11-14-10(7-18-11)6-15(4)12(16)8(2)13/h7-9H,5-6,13H2,1-4H3/t8-,9?/m1/s1. The largest absolute Gasteiger partial charge is 0.372 e. The molecule has 5 nitrogen and oxygen atoms in total. The van der Waals surface area contributed by atoms with E-state index in [9.17, 15) is 4.79 Å². The molecule has 1 amide bonds. The predicted octanol–water partition coefficient (Wildman–Crippen LogP) is 1.55. The Bertz CT molecular complexity index is 392. The number of nitrogens with zero attached hydrogens (tertiary/aromatic N) is 2. The molecule has 1 rings (SSSR count). The summed E-state index contributed by atoms with van der Waals surface area (Å²) in [7, 11) is 1.73. The number of aromatic nitrogens is 1. The first-order valence-corrected chi connectivity index (χ1v) is 6.90. The van der Waals surface area contributed by atoms with Gasteiger partial charge in [0.05, 0.1) is 18.3 Å². The molecule has 1 aromatic rings. The fourth-order valence-corrected chi connectivity index (χ4v) is 2.39. The van der Waals surface area contributed by atoms with E-state index < -0.39 is 6.04 Å². The van der Waals surface area contributed by atoms with Crippen LogP contribution in [0.25, 0.3) is 0 Å². The van der Waals surface area contributed by atoms with Crippen LogP contribution in [-0.2, 0) is 16.1 Å². The van der Waals surface area contributed by atoms with Crippen LogP contribution in [0.4, 0.5) is 0 Å². The van der Waals surface area contributed by atoms with Gasteiger partial charge in [-0.2, -0.15) is 0 Å². The fourth-order valence-electron chi connectivity index (χ4n) is 1.57. The molecule has 6 heteroatoms. The molecule has 0 bridgehead atoms. The van der Waals surface area contributed by atoms with Crippen LogP contribution in [0.15, 0.2) is 5.38 Å². The maximum atomic E-state index is 11.6. The molecular formula is C12H21N3O2S. The van der Waals surface area contributed by atoms with Crippen LogP contribution in [0.1, 0.15) is 37.6 Å². The number of amides is 1. The van der Waals surface area contributed by atoms with Gasteiger partial charge in [0.2, 0.25) is 5.91 Å². The summed E-state index contributed by atoms with van der Waals surface area (Å²) in [5.74, 6) is -0.0811. The monoisotopic (exact) mass is 271 g/mol. The summed E-state index contributed by atoms with van der Waals surface area (Å²) in [4.78, 5) is 17.7. The van der Waals surface area contributed by atoms with Crippen LogP contribution in [0.3, 0.4) is 0 Å². The number of rotatable bonds is 6. The van der Waals surface area contributed by atoms with Crippen LogP contribution in [0.5, 0.6) is 0 Å². The molecular weight excluding hydrogens is 250 g/mol. The zero-order chi connectivity index (χ0) is 13.7. The first-order chi connectivity index (χ1) is 8.45. The highest BCUT2D eigenvalue weighted by molar-refractivity contribution is 7.09. The lowest BCUT2D eigenvalue weighted by Gasteiger charge is -2.17. The van der Waals surface area contributed by atoms with Gasteiger partial charge in [-0.25, -0.2) is 4.98 Å². The van der Waals surface area contributed by atoms with Gasteiger partial charge >= 0.3 is 0 Å². The third-order valence-electron chi connectivity index (χ3n) is 2.50. The molecule has 0 aliphatic heterocycles. The third-order valence-corrected chi connectivity index (χ3v) is 3.55. The van der Waals surface area contributed by atoms with Crippen LogP contribution < -0.4 is 5.73 Å². The zero-order valence-electron chi connectivity index (χ0n) is 11.3. The molecule has 0 aliphatic carbocycles. The van der Waals surface area contributed by atoms with Crippen molar-refractivity contribution in [3.05, 3.63) is 16.1 Å². The molecule has 1 aromatic heterocycles. The predicted molar refractivity (Wildman–Crippen MR) is 72.3 cm³/mol. The Morgan fingerprint density at radius 1 is 1.61 bits per heavy atom. The summed E-state index contributed by atoms with van der Waals surface area (Å²) >= 11 is 1.55. The van der Waals surface area contributed by atoms with Gasteiger partial charge in [0.15, 0.2) is 0 Å². The van der Waals surface area contributed by atoms with Gasteiger partial charge in [-0.1, -0.05) is 0 Å². The summed E-state index contributed by atoms with van der Waals surface area (Å²) in [6, 6.07) is -0.476. The molecule has 0 aliphatic rings. The summed E-state index contributed by atoms with van der Waals surface area (Å²) in [5, 5.41) is 2.89. The molecule has 0 radical (unpaired) electrons. The first-order valence-electron chi connectivity index (χ1n) is 6.02. The van der Waals surface area contributed by atoms with Crippen molar-refractivity contribution in [3.8, 4) is 0 Å². The van der Waals surface area contributed by atoms with Gasteiger partial charge in [0.25, 0.3) is 0 Å². The Morgan fingerprint density at radius 3 is 2.83 bits per heavy atom. The molecule has 0 saturated heterocycles. The Kier molecular flexibility index (Phi) is 5.71. The van der Waals surface area contributed by atoms with E-state index in [-0.39, 0.29) is 12.0 Å². The smallest absolute Gasteiger partial charge is 0.239 e. The van der Waals surface area contributed by atoms with Crippen LogP contribution >= 0.6 is 11.3 Å². The molecule has 1 heterocycles. The van der Waals surface area contributed by atoms with E-state index >= 15 is 0 Å². The molecule has 2 N–H and O–H groups in total. The highest BCUT2D eigenvalue weighted by atomic mass is 32.1. The zero-order valence-corrected chi connectivity index (χ0v) is 12.2. The normalized spacial score (nSPS) is 14.3. The second-order valence-electron chi connectivity index (χ2n) is 4.26. The van der Waals surface area contributed by atoms with Crippen LogP contribution in [-0.4, -0.2) is 35.5 Å². The highest BCUT2D eigenvalue weighted by Gasteiger charge is 2.16. The molecule has 0 aromatic carbocycles.